The maximum absolute atomic E-state index is 14.2. The number of fused-ring (bicyclic) bond motifs is 2. The number of likely N-dealkylation sites (tertiary alicyclic amines) is 1. The average molecular weight is 509 g/mol. The van der Waals surface area contributed by atoms with E-state index in [1.807, 2.05) is 30.4 Å². The van der Waals surface area contributed by atoms with Gasteiger partial charge in [-0.25, -0.2) is 14.2 Å². The predicted octanol–water partition coefficient (Wildman–Crippen LogP) is 4.73. The number of rotatable bonds is 4. The number of halogens is 1. The summed E-state index contributed by atoms with van der Waals surface area (Å²) in [6.07, 6.45) is 3.15. The average Bonchev–Trinajstić information content (AvgIpc) is 3.49. The van der Waals surface area contributed by atoms with Crippen LogP contribution in [-0.2, 0) is 16.7 Å². The molecule has 1 unspecified atom stereocenters. The Kier molecular flexibility index (Phi) is 6.08. The van der Waals surface area contributed by atoms with E-state index in [2.05, 4.69) is 23.0 Å². The minimum atomic E-state index is -0.658. The third kappa shape index (κ3) is 4.60. The Labute approximate surface area is 215 Å². The van der Waals surface area contributed by atoms with E-state index in [1.165, 1.54) is 18.3 Å². The van der Waals surface area contributed by atoms with E-state index >= 15 is 0 Å². The number of ether oxygens (including phenoxy) is 2. The third-order valence-corrected chi connectivity index (χ3v) is 7.28. The second-order valence-corrected chi connectivity index (χ2v) is 11.0. The number of aromatic nitrogens is 4. The van der Waals surface area contributed by atoms with Crippen LogP contribution >= 0.6 is 0 Å². The SMILES string of the molecule is CC1CN(C(=O)OC(C)(C)C)C[C@]12CCn1nc(-c3cnc(N)c(O[C@H](C)c4ncccc4F)c3)cc12. The van der Waals surface area contributed by atoms with Crippen LogP contribution in [0.1, 0.15) is 58.5 Å². The Bertz CT molecular complexity index is 1340. The van der Waals surface area contributed by atoms with Crippen LogP contribution in [0.5, 0.6) is 5.75 Å². The van der Waals surface area contributed by atoms with E-state index in [0.29, 0.717) is 18.8 Å². The summed E-state index contributed by atoms with van der Waals surface area (Å²) in [4.78, 5) is 23.0. The van der Waals surface area contributed by atoms with Crippen LogP contribution in [0.4, 0.5) is 15.0 Å². The molecule has 1 fully saturated rings. The zero-order valence-electron chi connectivity index (χ0n) is 21.9. The Morgan fingerprint density at radius 3 is 2.81 bits per heavy atom. The van der Waals surface area contributed by atoms with Gasteiger partial charge in [-0.2, -0.15) is 5.10 Å². The molecule has 2 N–H and O–H groups in total. The number of anilines is 1. The monoisotopic (exact) mass is 508 g/mol. The van der Waals surface area contributed by atoms with Gasteiger partial charge in [-0.3, -0.25) is 9.67 Å². The first-order valence-corrected chi connectivity index (χ1v) is 12.6. The van der Waals surface area contributed by atoms with Gasteiger partial charge in [0.15, 0.2) is 11.6 Å². The van der Waals surface area contributed by atoms with Crippen LogP contribution in [0.25, 0.3) is 11.3 Å². The highest BCUT2D eigenvalue weighted by atomic mass is 19.1. The van der Waals surface area contributed by atoms with Gasteiger partial charge in [0.1, 0.15) is 23.2 Å². The van der Waals surface area contributed by atoms with Crippen molar-refractivity contribution in [3.05, 3.63) is 53.9 Å². The molecular formula is C27H33FN6O3. The van der Waals surface area contributed by atoms with E-state index < -0.39 is 17.5 Å². The van der Waals surface area contributed by atoms with Crippen molar-refractivity contribution in [3.8, 4) is 17.0 Å². The summed E-state index contributed by atoms with van der Waals surface area (Å²) in [5, 5.41) is 4.84. The second-order valence-electron chi connectivity index (χ2n) is 11.0. The molecule has 1 amide bonds. The lowest BCUT2D eigenvalue weighted by molar-refractivity contribution is 0.0281. The Morgan fingerprint density at radius 1 is 1.30 bits per heavy atom. The number of amides is 1. The van der Waals surface area contributed by atoms with Crippen molar-refractivity contribution in [1.29, 1.82) is 0 Å². The fraction of sp³-hybridized carbons (Fsp3) is 0.481. The highest BCUT2D eigenvalue weighted by molar-refractivity contribution is 5.69. The van der Waals surface area contributed by atoms with Gasteiger partial charge in [-0.1, -0.05) is 6.92 Å². The van der Waals surface area contributed by atoms with Gasteiger partial charge in [0.25, 0.3) is 0 Å². The van der Waals surface area contributed by atoms with Crippen molar-refractivity contribution in [2.24, 2.45) is 5.92 Å². The van der Waals surface area contributed by atoms with Crippen LogP contribution in [0, 0.1) is 11.7 Å². The van der Waals surface area contributed by atoms with E-state index in [9.17, 15) is 9.18 Å². The first kappa shape index (κ1) is 25.0. The quantitative estimate of drug-likeness (QED) is 0.543. The molecule has 2 aliphatic rings. The highest BCUT2D eigenvalue weighted by Crippen LogP contribution is 2.47. The van der Waals surface area contributed by atoms with Gasteiger partial charge >= 0.3 is 6.09 Å². The summed E-state index contributed by atoms with van der Waals surface area (Å²) < 4.78 is 27.8. The third-order valence-electron chi connectivity index (χ3n) is 7.28. The summed E-state index contributed by atoms with van der Waals surface area (Å²) in [5.41, 5.74) is 8.13. The fourth-order valence-corrected chi connectivity index (χ4v) is 5.39. The molecule has 9 nitrogen and oxygen atoms in total. The number of aryl methyl sites for hydroxylation is 1. The summed E-state index contributed by atoms with van der Waals surface area (Å²) in [6, 6.07) is 6.72. The van der Waals surface area contributed by atoms with Crippen LogP contribution in [0.2, 0.25) is 0 Å². The molecule has 0 bridgehead atoms. The minimum Gasteiger partial charge on any atom is -0.480 e. The number of pyridine rings is 2. The van der Waals surface area contributed by atoms with Crippen LogP contribution in [-0.4, -0.2) is 49.4 Å². The smallest absolute Gasteiger partial charge is 0.410 e. The molecule has 0 aliphatic carbocycles. The summed E-state index contributed by atoms with van der Waals surface area (Å²) in [5.74, 6) is 0.346. The number of carbonyl (C=O) groups is 1. The standard InChI is InChI=1S/C27H33FN6O3/c1-16-14-33(25(35)37-26(3,4)5)15-27(16)8-10-34-22(27)12-20(32-34)18-11-21(24(29)31-13-18)36-17(2)23-19(28)7-6-9-30-23/h6-7,9,11-13,16-17H,8,10,14-15H2,1-5H3,(H2,29,31)/t16?,17-,27-/m1/s1. The molecule has 5 rings (SSSR count). The summed E-state index contributed by atoms with van der Waals surface area (Å²) in [7, 11) is 0. The molecule has 196 valence electrons. The van der Waals surface area contributed by atoms with E-state index in [4.69, 9.17) is 20.3 Å². The lowest BCUT2D eigenvalue weighted by atomic mass is 9.75. The maximum atomic E-state index is 14.2. The molecule has 0 aromatic carbocycles. The molecule has 1 saturated heterocycles. The minimum absolute atomic E-state index is 0.187. The molecular weight excluding hydrogens is 475 g/mol. The zero-order chi connectivity index (χ0) is 26.5. The molecule has 0 radical (unpaired) electrons. The van der Waals surface area contributed by atoms with Crippen molar-refractivity contribution >= 4 is 11.9 Å². The molecule has 37 heavy (non-hydrogen) atoms. The summed E-state index contributed by atoms with van der Waals surface area (Å²) in [6.45, 7) is 11.5. The number of hydrogen-bond acceptors (Lipinski definition) is 7. The molecule has 0 saturated carbocycles. The number of carbonyl (C=O) groups excluding carboxylic acids is 1. The molecule has 2 aliphatic heterocycles. The van der Waals surface area contributed by atoms with Gasteiger partial charge in [-0.15, -0.1) is 0 Å². The predicted molar refractivity (Wildman–Crippen MR) is 136 cm³/mol. The van der Waals surface area contributed by atoms with E-state index in [1.54, 1.807) is 19.2 Å². The Hall–Kier alpha value is -3.69. The van der Waals surface area contributed by atoms with Crippen LogP contribution in [0.3, 0.4) is 0 Å². The summed E-state index contributed by atoms with van der Waals surface area (Å²) >= 11 is 0. The van der Waals surface area contributed by atoms with Crippen molar-refractivity contribution in [2.45, 2.75) is 64.7 Å². The number of nitrogens with two attached hydrogens (primary N) is 1. The number of nitrogen functional groups attached to an aromatic ring is 1. The first-order chi connectivity index (χ1) is 17.5. The van der Waals surface area contributed by atoms with Crippen molar-refractivity contribution in [1.82, 2.24) is 24.6 Å². The van der Waals surface area contributed by atoms with Crippen molar-refractivity contribution in [2.75, 3.05) is 18.8 Å². The topological polar surface area (TPSA) is 108 Å². The van der Waals surface area contributed by atoms with Gasteiger partial charge in [-0.05, 0) is 64.3 Å². The van der Waals surface area contributed by atoms with Gasteiger partial charge in [0.05, 0.1) is 5.69 Å². The molecule has 5 heterocycles. The van der Waals surface area contributed by atoms with E-state index in [0.717, 1.165) is 29.9 Å². The second kappa shape index (κ2) is 9.00. The van der Waals surface area contributed by atoms with Crippen LogP contribution in [0.15, 0.2) is 36.7 Å². The van der Waals surface area contributed by atoms with Crippen molar-refractivity contribution in [3.63, 3.8) is 0 Å². The Balaban J connectivity index is 1.39. The molecule has 3 atom stereocenters. The normalized spacial score (nSPS) is 21.8. The largest absolute Gasteiger partial charge is 0.480 e. The van der Waals surface area contributed by atoms with Crippen molar-refractivity contribution < 1.29 is 18.7 Å². The lowest BCUT2D eigenvalue weighted by Gasteiger charge is -2.28. The molecule has 3 aromatic heterocycles. The maximum Gasteiger partial charge on any atom is 0.410 e. The molecule has 3 aromatic rings. The van der Waals surface area contributed by atoms with Crippen LogP contribution < -0.4 is 10.5 Å². The van der Waals surface area contributed by atoms with E-state index in [-0.39, 0.29) is 28.9 Å². The highest BCUT2D eigenvalue weighted by Gasteiger charge is 2.52. The molecule has 1 spiro atoms. The number of nitrogens with zero attached hydrogens (tertiary/aromatic N) is 5. The van der Waals surface area contributed by atoms with Gasteiger partial charge in [0, 0.05) is 48.7 Å². The lowest BCUT2D eigenvalue weighted by Crippen LogP contribution is -2.37. The number of hydrogen-bond donors (Lipinski definition) is 1. The molecule has 10 heteroatoms. The van der Waals surface area contributed by atoms with Gasteiger partial charge in [0.2, 0.25) is 0 Å². The Morgan fingerprint density at radius 2 is 2.08 bits per heavy atom. The zero-order valence-corrected chi connectivity index (χ0v) is 21.9. The first-order valence-electron chi connectivity index (χ1n) is 12.6. The fourth-order valence-electron chi connectivity index (χ4n) is 5.39. The van der Waals surface area contributed by atoms with Gasteiger partial charge < -0.3 is 20.1 Å².